The molecule has 0 aromatic carbocycles. The van der Waals surface area contributed by atoms with Crippen LogP contribution < -0.4 is 4.90 Å². The number of likely N-dealkylation sites (tertiary alicyclic amines) is 1. The van der Waals surface area contributed by atoms with E-state index in [4.69, 9.17) is 4.74 Å². The summed E-state index contributed by atoms with van der Waals surface area (Å²) in [6.45, 7) is 0.500. The van der Waals surface area contributed by atoms with Crippen LogP contribution in [0.25, 0.3) is 0 Å². The summed E-state index contributed by atoms with van der Waals surface area (Å²) in [4.78, 5) is 44.6. The molecule has 2 heterocycles. The predicted molar refractivity (Wildman–Crippen MR) is 90.6 cm³/mol. The Hall–Kier alpha value is -2.28. The Morgan fingerprint density at radius 1 is 1.20 bits per heavy atom. The Labute approximate surface area is 147 Å². The van der Waals surface area contributed by atoms with Gasteiger partial charge in [-0.3, -0.25) is 24.3 Å². The Bertz CT molecular complexity index is 625. The lowest BCUT2D eigenvalue weighted by atomic mass is 9.81. The molecular weight excluding hydrogens is 322 g/mol. The van der Waals surface area contributed by atoms with Crippen LogP contribution in [0.3, 0.4) is 0 Å². The molecule has 0 bridgehead atoms. The minimum atomic E-state index is -0.288. The first-order chi connectivity index (χ1) is 12.1. The monoisotopic (exact) mass is 345 g/mol. The van der Waals surface area contributed by atoms with Gasteiger partial charge in [-0.25, -0.2) is 0 Å². The SMILES string of the molecule is COCCN(C(=O)CN1C(=O)C2CCCCC2C1=O)c1ccncc1. The van der Waals surface area contributed by atoms with Crippen LogP contribution in [0.4, 0.5) is 5.69 Å². The van der Waals surface area contributed by atoms with Crippen molar-refractivity contribution < 1.29 is 19.1 Å². The molecule has 1 saturated heterocycles. The van der Waals surface area contributed by atoms with Crippen LogP contribution in [-0.4, -0.2) is 54.4 Å². The lowest BCUT2D eigenvalue weighted by Gasteiger charge is -2.24. The molecule has 0 radical (unpaired) electrons. The third kappa shape index (κ3) is 3.56. The van der Waals surface area contributed by atoms with Gasteiger partial charge in [0.1, 0.15) is 6.54 Å². The van der Waals surface area contributed by atoms with Crippen molar-refractivity contribution >= 4 is 23.4 Å². The molecule has 2 atom stereocenters. The van der Waals surface area contributed by atoms with Crippen molar-refractivity contribution in [2.24, 2.45) is 11.8 Å². The average molecular weight is 345 g/mol. The van der Waals surface area contributed by atoms with Gasteiger partial charge < -0.3 is 9.64 Å². The van der Waals surface area contributed by atoms with E-state index in [1.165, 1.54) is 4.90 Å². The van der Waals surface area contributed by atoms with Crippen molar-refractivity contribution in [3.05, 3.63) is 24.5 Å². The van der Waals surface area contributed by atoms with Crippen molar-refractivity contribution in [1.82, 2.24) is 9.88 Å². The third-order valence-corrected chi connectivity index (χ3v) is 5.02. The van der Waals surface area contributed by atoms with Gasteiger partial charge in [0.2, 0.25) is 17.7 Å². The molecule has 0 spiro atoms. The number of aromatic nitrogens is 1. The van der Waals surface area contributed by atoms with E-state index in [0.29, 0.717) is 18.8 Å². The molecular formula is C18H23N3O4. The average Bonchev–Trinajstić information content (AvgIpc) is 2.88. The molecule has 1 aliphatic carbocycles. The summed E-state index contributed by atoms with van der Waals surface area (Å²) in [6.07, 6.45) is 6.64. The van der Waals surface area contributed by atoms with E-state index in [1.54, 1.807) is 31.6 Å². The first-order valence-electron chi connectivity index (χ1n) is 8.68. The first-order valence-corrected chi connectivity index (χ1v) is 8.68. The van der Waals surface area contributed by atoms with Gasteiger partial charge in [-0.2, -0.15) is 0 Å². The van der Waals surface area contributed by atoms with Gasteiger partial charge >= 0.3 is 0 Å². The smallest absolute Gasteiger partial charge is 0.247 e. The molecule has 2 unspecified atom stereocenters. The standard InChI is InChI=1S/C18H23N3O4/c1-25-11-10-20(13-6-8-19-9-7-13)16(22)12-21-17(23)14-4-2-3-5-15(14)18(21)24/h6-9,14-15H,2-5,10-12H2,1H3. The number of nitrogens with zero attached hydrogens (tertiary/aromatic N) is 3. The molecule has 3 rings (SSSR count). The fourth-order valence-electron chi connectivity index (χ4n) is 3.71. The number of pyridine rings is 1. The van der Waals surface area contributed by atoms with Gasteiger partial charge in [0.05, 0.1) is 18.4 Å². The second-order valence-corrected chi connectivity index (χ2v) is 6.50. The summed E-state index contributed by atoms with van der Waals surface area (Å²) in [6, 6.07) is 3.45. The maximum atomic E-state index is 12.8. The zero-order valence-electron chi connectivity index (χ0n) is 14.4. The molecule has 134 valence electrons. The van der Waals surface area contributed by atoms with Gasteiger partial charge in [-0.15, -0.1) is 0 Å². The van der Waals surface area contributed by atoms with E-state index >= 15 is 0 Å². The number of anilines is 1. The number of ether oxygens (including phenoxy) is 1. The number of methoxy groups -OCH3 is 1. The molecule has 2 fully saturated rings. The fourth-order valence-corrected chi connectivity index (χ4v) is 3.71. The molecule has 25 heavy (non-hydrogen) atoms. The number of hydrogen-bond acceptors (Lipinski definition) is 5. The Morgan fingerprint density at radius 3 is 2.36 bits per heavy atom. The lowest BCUT2D eigenvalue weighted by molar-refractivity contribution is -0.143. The fraction of sp³-hybridized carbons (Fsp3) is 0.556. The quantitative estimate of drug-likeness (QED) is 0.725. The summed E-state index contributed by atoms with van der Waals surface area (Å²) < 4.78 is 5.08. The minimum Gasteiger partial charge on any atom is -0.383 e. The number of carbonyl (C=O) groups is 3. The van der Waals surface area contributed by atoms with Gasteiger partial charge in [0.15, 0.2) is 0 Å². The van der Waals surface area contributed by atoms with E-state index in [1.807, 2.05) is 0 Å². The Balaban J connectivity index is 1.74. The normalized spacial score (nSPS) is 22.8. The highest BCUT2D eigenvalue weighted by Gasteiger charge is 2.48. The predicted octanol–water partition coefficient (Wildman–Crippen LogP) is 1.24. The van der Waals surface area contributed by atoms with Gasteiger partial charge in [0.25, 0.3) is 0 Å². The number of imide groups is 1. The number of rotatable bonds is 6. The molecule has 3 amide bonds. The summed E-state index contributed by atoms with van der Waals surface area (Å²) in [5.41, 5.74) is 0.675. The topological polar surface area (TPSA) is 79.8 Å². The molecule has 1 aromatic heterocycles. The van der Waals surface area contributed by atoms with Crippen LogP contribution in [0.5, 0.6) is 0 Å². The molecule has 0 N–H and O–H groups in total. The van der Waals surface area contributed by atoms with Gasteiger partial charge in [0, 0.05) is 31.7 Å². The number of fused-ring (bicyclic) bond motifs is 1. The largest absolute Gasteiger partial charge is 0.383 e. The lowest BCUT2D eigenvalue weighted by Crippen LogP contribution is -2.44. The number of carbonyl (C=O) groups excluding carboxylic acids is 3. The Morgan fingerprint density at radius 2 is 1.80 bits per heavy atom. The van der Waals surface area contributed by atoms with Crippen LogP contribution in [0.1, 0.15) is 25.7 Å². The van der Waals surface area contributed by atoms with Crippen molar-refractivity contribution in [2.75, 3.05) is 31.7 Å². The van der Waals surface area contributed by atoms with Gasteiger partial charge in [-0.1, -0.05) is 12.8 Å². The molecule has 1 aromatic rings. The Kier molecular flexibility index (Phi) is 5.43. The summed E-state index contributed by atoms with van der Waals surface area (Å²) in [7, 11) is 1.56. The van der Waals surface area contributed by atoms with E-state index in [2.05, 4.69) is 4.98 Å². The highest BCUT2D eigenvalue weighted by atomic mass is 16.5. The highest BCUT2D eigenvalue weighted by Crippen LogP contribution is 2.37. The minimum absolute atomic E-state index is 0.190. The second kappa shape index (κ2) is 7.74. The van der Waals surface area contributed by atoms with E-state index in [9.17, 15) is 14.4 Å². The molecule has 7 nitrogen and oxygen atoms in total. The van der Waals surface area contributed by atoms with E-state index in [0.717, 1.165) is 30.6 Å². The highest BCUT2D eigenvalue weighted by molar-refractivity contribution is 6.09. The van der Waals surface area contributed by atoms with Crippen LogP contribution in [0.15, 0.2) is 24.5 Å². The van der Waals surface area contributed by atoms with Gasteiger partial charge in [-0.05, 0) is 25.0 Å². The van der Waals surface area contributed by atoms with Crippen LogP contribution in [0.2, 0.25) is 0 Å². The molecule has 2 aliphatic rings. The summed E-state index contributed by atoms with van der Waals surface area (Å²) >= 11 is 0. The zero-order valence-corrected chi connectivity index (χ0v) is 14.4. The number of amides is 3. The third-order valence-electron chi connectivity index (χ3n) is 5.02. The van der Waals surface area contributed by atoms with E-state index in [-0.39, 0.29) is 36.1 Å². The number of hydrogen-bond donors (Lipinski definition) is 0. The first kappa shape index (κ1) is 17.5. The van der Waals surface area contributed by atoms with Crippen molar-refractivity contribution in [3.63, 3.8) is 0 Å². The van der Waals surface area contributed by atoms with E-state index < -0.39 is 0 Å². The summed E-state index contributed by atoms with van der Waals surface area (Å²) in [5.74, 6) is -1.14. The molecule has 7 heteroatoms. The zero-order chi connectivity index (χ0) is 17.8. The second-order valence-electron chi connectivity index (χ2n) is 6.50. The van der Waals surface area contributed by atoms with Crippen LogP contribution >= 0.6 is 0 Å². The molecule has 1 saturated carbocycles. The van der Waals surface area contributed by atoms with Crippen LogP contribution in [0, 0.1) is 11.8 Å². The van der Waals surface area contributed by atoms with Crippen molar-refractivity contribution in [2.45, 2.75) is 25.7 Å². The maximum absolute atomic E-state index is 12.8. The maximum Gasteiger partial charge on any atom is 0.247 e. The molecule has 1 aliphatic heterocycles. The van der Waals surface area contributed by atoms with Crippen LogP contribution in [-0.2, 0) is 19.1 Å². The summed E-state index contributed by atoms with van der Waals surface area (Å²) in [5, 5.41) is 0. The van der Waals surface area contributed by atoms with Crippen molar-refractivity contribution in [1.29, 1.82) is 0 Å². The van der Waals surface area contributed by atoms with Crippen molar-refractivity contribution in [3.8, 4) is 0 Å².